The lowest BCUT2D eigenvalue weighted by atomic mass is 9.86. The van der Waals surface area contributed by atoms with Crippen LogP contribution in [-0.2, 0) is 0 Å². The zero-order valence-electron chi connectivity index (χ0n) is 32.9. The average molecular weight is 823 g/mol. The molecule has 0 aliphatic carbocycles. The van der Waals surface area contributed by atoms with Gasteiger partial charge in [-0.3, -0.25) is 0 Å². The van der Waals surface area contributed by atoms with E-state index in [0.717, 1.165) is 55.3 Å². The van der Waals surface area contributed by atoms with Gasteiger partial charge in [-0.05, 0) is 47.5 Å². The van der Waals surface area contributed by atoms with Crippen molar-refractivity contribution in [3.63, 3.8) is 0 Å². The van der Waals surface area contributed by atoms with Crippen LogP contribution in [0.4, 0.5) is 0 Å². The van der Waals surface area contributed by atoms with E-state index in [9.17, 15) is 10.5 Å². The fourth-order valence-corrected chi connectivity index (χ4v) is 12.6. The van der Waals surface area contributed by atoms with Gasteiger partial charge in [-0.15, -0.1) is 22.7 Å². The van der Waals surface area contributed by atoms with Gasteiger partial charge in [-0.25, -0.2) is 0 Å². The van der Waals surface area contributed by atoms with Crippen molar-refractivity contribution in [3.05, 3.63) is 193 Å². The highest BCUT2D eigenvalue weighted by molar-refractivity contribution is 7.27. The molecule has 0 aliphatic rings. The van der Waals surface area contributed by atoms with Gasteiger partial charge in [0, 0.05) is 73.0 Å². The molecule has 0 saturated heterocycles. The smallest absolute Gasteiger partial charge is 0.101 e. The van der Waals surface area contributed by atoms with Crippen LogP contribution in [0.15, 0.2) is 182 Å². The standard InChI is InChI=1S/C56H30N4S2/c57-31-41-42(32-58)50(34-17-5-2-6-18-34)54(60-44-24-12-8-22-40(44)52-46(60)30-28-38-36-20-10-14-26-48(36)62-56(38)52)53(49(41)33-15-3-1-4-16-33)59-43-23-11-7-21-39(43)51-45(59)29-27-37-35-19-9-13-25-47(35)61-55(37)51/h1-30H. The summed E-state index contributed by atoms with van der Waals surface area (Å²) in [7, 11) is 0. The highest BCUT2D eigenvalue weighted by atomic mass is 32.1. The molecular weight excluding hydrogens is 793 g/mol. The van der Waals surface area contributed by atoms with Gasteiger partial charge in [-0.1, -0.05) is 146 Å². The lowest BCUT2D eigenvalue weighted by Gasteiger charge is -2.26. The third-order valence-electron chi connectivity index (χ3n) is 12.6. The molecule has 0 atom stereocenters. The number of aromatic nitrogens is 2. The maximum atomic E-state index is 11.5. The molecule has 13 aromatic rings. The van der Waals surface area contributed by atoms with Gasteiger partial charge < -0.3 is 9.13 Å². The van der Waals surface area contributed by atoms with Gasteiger partial charge in [0.05, 0.1) is 44.6 Å². The maximum Gasteiger partial charge on any atom is 0.101 e. The first-order valence-electron chi connectivity index (χ1n) is 20.6. The Balaban J connectivity index is 1.33. The number of hydrogen-bond donors (Lipinski definition) is 0. The van der Waals surface area contributed by atoms with Crippen LogP contribution in [0.2, 0.25) is 0 Å². The highest BCUT2D eigenvalue weighted by Crippen LogP contribution is 2.52. The van der Waals surface area contributed by atoms with Crippen molar-refractivity contribution < 1.29 is 0 Å². The molecule has 4 aromatic heterocycles. The summed E-state index contributed by atoms with van der Waals surface area (Å²) in [5, 5.41) is 32.5. The highest BCUT2D eigenvalue weighted by Gasteiger charge is 2.32. The second-order valence-electron chi connectivity index (χ2n) is 15.7. The molecule has 0 bridgehead atoms. The van der Waals surface area contributed by atoms with Crippen LogP contribution >= 0.6 is 22.7 Å². The molecule has 4 heterocycles. The van der Waals surface area contributed by atoms with E-state index in [1.165, 1.54) is 51.1 Å². The van der Waals surface area contributed by atoms with Crippen LogP contribution in [0.1, 0.15) is 11.1 Å². The molecule has 13 rings (SSSR count). The van der Waals surface area contributed by atoms with Crippen LogP contribution in [0.25, 0.3) is 118 Å². The SMILES string of the molecule is N#Cc1c(C#N)c(-c2ccccc2)c(-n2c3ccccc3c3c4sc5ccccc5c4ccc32)c(-n2c3ccccc3c3c4sc5ccccc5c4ccc32)c1-c1ccccc1. The summed E-state index contributed by atoms with van der Waals surface area (Å²) < 4.78 is 9.71. The van der Waals surface area contributed by atoms with Crippen molar-refractivity contribution in [2.45, 2.75) is 0 Å². The van der Waals surface area contributed by atoms with Gasteiger partial charge >= 0.3 is 0 Å². The Morgan fingerprint density at radius 2 is 0.710 bits per heavy atom. The van der Waals surface area contributed by atoms with Crippen LogP contribution in [0, 0.1) is 22.7 Å². The molecular formula is C56H30N4S2. The summed E-state index contributed by atoms with van der Waals surface area (Å²) in [6.07, 6.45) is 0. The van der Waals surface area contributed by atoms with Gasteiger partial charge in [-0.2, -0.15) is 10.5 Å². The Hall–Kier alpha value is -8.00. The van der Waals surface area contributed by atoms with E-state index in [1.807, 2.05) is 59.1 Å². The zero-order valence-corrected chi connectivity index (χ0v) is 34.6. The van der Waals surface area contributed by atoms with E-state index >= 15 is 0 Å². The number of para-hydroxylation sites is 2. The normalized spacial score (nSPS) is 11.8. The molecule has 0 aliphatic heterocycles. The molecule has 0 fully saturated rings. The number of rotatable bonds is 4. The summed E-state index contributed by atoms with van der Waals surface area (Å²) >= 11 is 3.65. The maximum absolute atomic E-state index is 11.5. The summed E-state index contributed by atoms with van der Waals surface area (Å²) in [4.78, 5) is 0. The van der Waals surface area contributed by atoms with Gasteiger partial charge in [0.1, 0.15) is 12.1 Å². The lowest BCUT2D eigenvalue weighted by Crippen LogP contribution is -2.11. The second kappa shape index (κ2) is 13.3. The molecule has 0 N–H and O–H groups in total. The molecule has 0 saturated carbocycles. The Labute approximate surface area is 363 Å². The molecule has 4 nitrogen and oxygen atoms in total. The molecule has 0 amide bonds. The van der Waals surface area contributed by atoms with Gasteiger partial charge in [0.15, 0.2) is 0 Å². The van der Waals surface area contributed by atoms with Crippen LogP contribution in [0.3, 0.4) is 0 Å². The van der Waals surface area contributed by atoms with Crippen LogP contribution in [-0.4, -0.2) is 9.13 Å². The Morgan fingerprint density at radius 1 is 0.339 bits per heavy atom. The fourth-order valence-electron chi connectivity index (χ4n) is 10.1. The number of nitrogens with zero attached hydrogens (tertiary/aromatic N) is 4. The predicted octanol–water partition coefficient (Wildman–Crippen LogP) is 15.7. The summed E-state index contributed by atoms with van der Waals surface area (Å²) in [6.45, 7) is 0. The first-order valence-corrected chi connectivity index (χ1v) is 22.2. The molecule has 62 heavy (non-hydrogen) atoms. The molecule has 286 valence electrons. The minimum atomic E-state index is 0.345. The molecule has 9 aromatic carbocycles. The van der Waals surface area contributed by atoms with E-state index < -0.39 is 0 Å². The average Bonchev–Trinajstić information content (AvgIpc) is 4.09. The van der Waals surface area contributed by atoms with Crippen LogP contribution in [0.5, 0.6) is 0 Å². The van der Waals surface area contributed by atoms with Crippen molar-refractivity contribution in [2.75, 3.05) is 0 Å². The number of thiophene rings is 2. The van der Waals surface area contributed by atoms with E-state index in [0.29, 0.717) is 22.3 Å². The number of fused-ring (bicyclic) bond motifs is 14. The lowest BCUT2D eigenvalue weighted by molar-refractivity contribution is 1.09. The van der Waals surface area contributed by atoms with E-state index in [1.54, 1.807) is 0 Å². The fraction of sp³-hybridized carbons (Fsp3) is 0. The third-order valence-corrected chi connectivity index (χ3v) is 15.0. The summed E-state index contributed by atoms with van der Waals surface area (Å²) in [5.41, 5.74) is 9.63. The topological polar surface area (TPSA) is 57.4 Å². The summed E-state index contributed by atoms with van der Waals surface area (Å²) in [6, 6.07) is 69.2. The van der Waals surface area contributed by atoms with Crippen molar-refractivity contribution in [2.24, 2.45) is 0 Å². The molecule has 0 unspecified atom stereocenters. The Kier molecular flexibility index (Phi) is 7.44. The van der Waals surface area contributed by atoms with Gasteiger partial charge in [0.25, 0.3) is 0 Å². The van der Waals surface area contributed by atoms with E-state index in [2.05, 4.69) is 167 Å². The Bertz CT molecular complexity index is 3850. The van der Waals surface area contributed by atoms with E-state index in [4.69, 9.17) is 0 Å². The Morgan fingerprint density at radius 3 is 1.13 bits per heavy atom. The number of nitriles is 2. The monoisotopic (exact) mass is 822 g/mol. The molecule has 0 spiro atoms. The molecule has 6 heteroatoms. The summed E-state index contributed by atoms with van der Waals surface area (Å²) in [5.74, 6) is 0. The first kappa shape index (κ1) is 34.8. The minimum absolute atomic E-state index is 0.345. The van der Waals surface area contributed by atoms with Crippen LogP contribution < -0.4 is 0 Å². The molecule has 0 radical (unpaired) electrons. The number of benzene rings is 9. The van der Waals surface area contributed by atoms with Crippen molar-refractivity contribution in [1.29, 1.82) is 10.5 Å². The largest absolute Gasteiger partial charge is 0.306 e. The second-order valence-corrected chi connectivity index (χ2v) is 17.8. The van der Waals surface area contributed by atoms with E-state index in [-0.39, 0.29) is 0 Å². The minimum Gasteiger partial charge on any atom is -0.306 e. The van der Waals surface area contributed by atoms with Crippen molar-refractivity contribution in [1.82, 2.24) is 9.13 Å². The quantitative estimate of drug-likeness (QED) is 0.178. The zero-order chi connectivity index (χ0) is 41.1. The van der Waals surface area contributed by atoms with Gasteiger partial charge in [0.2, 0.25) is 0 Å². The predicted molar refractivity (Wildman–Crippen MR) is 261 cm³/mol. The van der Waals surface area contributed by atoms with Crippen molar-refractivity contribution >= 4 is 107 Å². The third kappa shape index (κ3) is 4.68. The first-order chi connectivity index (χ1) is 30.7. The van der Waals surface area contributed by atoms with Crippen molar-refractivity contribution in [3.8, 4) is 45.8 Å². The number of hydrogen-bond acceptors (Lipinski definition) is 4.